The molecule has 1 aliphatic rings. The molecule has 2 aromatic carbocycles. The maximum atomic E-state index is 13.0. The van der Waals surface area contributed by atoms with Gasteiger partial charge in [0.1, 0.15) is 6.10 Å². The van der Waals surface area contributed by atoms with Gasteiger partial charge in [-0.25, -0.2) is 4.79 Å². The van der Waals surface area contributed by atoms with Crippen LogP contribution in [0, 0.1) is 0 Å². The molecular formula is C23H28O3. The van der Waals surface area contributed by atoms with E-state index in [1.807, 2.05) is 50.2 Å². The molecule has 1 fully saturated rings. The van der Waals surface area contributed by atoms with Crippen molar-refractivity contribution < 1.29 is 14.3 Å². The quantitative estimate of drug-likeness (QED) is 0.651. The molecule has 0 bridgehead atoms. The third-order valence-corrected chi connectivity index (χ3v) is 4.92. The van der Waals surface area contributed by atoms with Gasteiger partial charge in [0.25, 0.3) is 0 Å². The molecule has 0 heterocycles. The molecule has 1 aliphatic carbocycles. The van der Waals surface area contributed by atoms with E-state index in [-0.39, 0.29) is 24.1 Å². The largest absolute Gasteiger partial charge is 0.460 e. The number of hydrogen-bond acceptors (Lipinski definition) is 3. The van der Waals surface area contributed by atoms with Gasteiger partial charge >= 0.3 is 5.97 Å². The zero-order valence-corrected chi connectivity index (χ0v) is 15.6. The smallest absolute Gasteiger partial charge is 0.340 e. The second-order valence-corrected chi connectivity index (χ2v) is 7.25. The summed E-state index contributed by atoms with van der Waals surface area (Å²) in [7, 11) is 0. The predicted molar refractivity (Wildman–Crippen MR) is 103 cm³/mol. The molecule has 0 spiro atoms. The fraction of sp³-hybridized carbons (Fsp3) is 0.435. The van der Waals surface area contributed by atoms with Gasteiger partial charge in [0.15, 0.2) is 6.10 Å². The minimum Gasteiger partial charge on any atom is -0.460 e. The van der Waals surface area contributed by atoms with Gasteiger partial charge in [-0.3, -0.25) is 0 Å². The van der Waals surface area contributed by atoms with Crippen LogP contribution in [0.3, 0.4) is 0 Å². The fourth-order valence-electron chi connectivity index (χ4n) is 3.70. The molecule has 0 N–H and O–H groups in total. The molecule has 0 aromatic heterocycles. The Bertz CT molecular complexity index is 681. The minimum absolute atomic E-state index is 0.0518. The average molecular weight is 352 g/mol. The lowest BCUT2D eigenvalue weighted by atomic mass is 9.81. The molecule has 0 amide bonds. The summed E-state index contributed by atoms with van der Waals surface area (Å²) in [6.45, 7) is 3.88. The van der Waals surface area contributed by atoms with Crippen molar-refractivity contribution in [3.8, 4) is 0 Å². The van der Waals surface area contributed by atoms with Crippen LogP contribution in [0.4, 0.5) is 0 Å². The monoisotopic (exact) mass is 352 g/mol. The van der Waals surface area contributed by atoms with Crippen molar-refractivity contribution in [2.75, 3.05) is 0 Å². The van der Waals surface area contributed by atoms with Crippen molar-refractivity contribution in [3.63, 3.8) is 0 Å². The van der Waals surface area contributed by atoms with Crippen molar-refractivity contribution in [1.82, 2.24) is 0 Å². The van der Waals surface area contributed by atoms with Crippen LogP contribution in [0.25, 0.3) is 0 Å². The topological polar surface area (TPSA) is 35.5 Å². The van der Waals surface area contributed by atoms with E-state index < -0.39 is 6.10 Å². The van der Waals surface area contributed by atoms with Crippen LogP contribution in [-0.2, 0) is 14.3 Å². The van der Waals surface area contributed by atoms with Gasteiger partial charge in [-0.2, -0.15) is 0 Å². The third-order valence-electron chi connectivity index (χ3n) is 4.92. The molecule has 0 aliphatic heterocycles. The maximum absolute atomic E-state index is 13.0. The Morgan fingerprint density at radius 2 is 1.54 bits per heavy atom. The van der Waals surface area contributed by atoms with Gasteiger partial charge in [-0.05, 0) is 44.2 Å². The van der Waals surface area contributed by atoms with Crippen molar-refractivity contribution >= 4 is 5.97 Å². The number of hydrogen-bond donors (Lipinski definition) is 0. The Labute approximate surface area is 156 Å². The molecular weight excluding hydrogens is 324 g/mol. The SMILES string of the molecule is CC(C)O[C@H](C(=O)O[C@H]1CCCC[C@@H]1c1ccccc1)c1ccccc1. The molecule has 0 saturated heterocycles. The van der Waals surface area contributed by atoms with E-state index in [0.29, 0.717) is 0 Å². The first-order valence-corrected chi connectivity index (χ1v) is 9.61. The van der Waals surface area contributed by atoms with Crippen LogP contribution >= 0.6 is 0 Å². The van der Waals surface area contributed by atoms with Gasteiger partial charge in [0.05, 0.1) is 6.10 Å². The summed E-state index contributed by atoms with van der Waals surface area (Å²) >= 11 is 0. The number of rotatable bonds is 6. The van der Waals surface area contributed by atoms with E-state index in [0.717, 1.165) is 24.8 Å². The van der Waals surface area contributed by atoms with E-state index in [4.69, 9.17) is 9.47 Å². The van der Waals surface area contributed by atoms with Crippen LogP contribution in [0.5, 0.6) is 0 Å². The number of benzene rings is 2. The summed E-state index contributed by atoms with van der Waals surface area (Å²) in [5, 5.41) is 0. The Hall–Kier alpha value is -2.13. The highest BCUT2D eigenvalue weighted by Crippen LogP contribution is 2.36. The Morgan fingerprint density at radius 3 is 2.19 bits per heavy atom. The lowest BCUT2D eigenvalue weighted by Gasteiger charge is -2.33. The average Bonchev–Trinajstić information content (AvgIpc) is 2.68. The Kier molecular flexibility index (Phi) is 6.45. The fourth-order valence-corrected chi connectivity index (χ4v) is 3.70. The molecule has 26 heavy (non-hydrogen) atoms. The molecule has 3 nitrogen and oxygen atoms in total. The summed E-state index contributed by atoms with van der Waals surface area (Å²) in [4.78, 5) is 13.0. The van der Waals surface area contributed by atoms with Gasteiger partial charge < -0.3 is 9.47 Å². The first kappa shape index (κ1) is 18.7. The number of esters is 1. The van der Waals surface area contributed by atoms with Crippen LogP contribution in [0.15, 0.2) is 60.7 Å². The zero-order valence-electron chi connectivity index (χ0n) is 15.6. The molecule has 0 unspecified atom stereocenters. The normalized spacial score (nSPS) is 21.3. The van der Waals surface area contributed by atoms with Crippen LogP contribution in [0.1, 0.15) is 62.7 Å². The third kappa shape index (κ3) is 4.73. The van der Waals surface area contributed by atoms with Crippen LogP contribution < -0.4 is 0 Å². The van der Waals surface area contributed by atoms with Gasteiger partial charge in [-0.15, -0.1) is 0 Å². The standard InChI is InChI=1S/C23H28O3/c1-17(2)25-22(19-13-7-4-8-14-19)23(24)26-21-16-10-9-15-20(21)18-11-5-3-6-12-18/h3-8,11-14,17,20-22H,9-10,15-16H2,1-2H3/t20-,21+,22+/m1/s1. The van der Waals surface area contributed by atoms with Crippen molar-refractivity contribution in [2.24, 2.45) is 0 Å². The molecule has 1 saturated carbocycles. The summed E-state index contributed by atoms with van der Waals surface area (Å²) in [6, 6.07) is 20.0. The van der Waals surface area contributed by atoms with Gasteiger partial charge in [-0.1, -0.05) is 67.1 Å². The second kappa shape index (κ2) is 9.00. The lowest BCUT2D eigenvalue weighted by molar-refractivity contribution is -0.168. The summed E-state index contributed by atoms with van der Waals surface area (Å²) in [5.74, 6) is -0.0119. The number of ether oxygens (including phenoxy) is 2. The number of carbonyl (C=O) groups excluding carboxylic acids is 1. The summed E-state index contributed by atoms with van der Waals surface area (Å²) in [6.07, 6.45) is 3.44. The van der Waals surface area contributed by atoms with Crippen LogP contribution in [0.2, 0.25) is 0 Å². The van der Waals surface area contributed by atoms with E-state index in [1.54, 1.807) is 0 Å². The zero-order chi connectivity index (χ0) is 18.4. The molecule has 3 heteroatoms. The number of carbonyl (C=O) groups is 1. The maximum Gasteiger partial charge on any atom is 0.340 e. The first-order valence-electron chi connectivity index (χ1n) is 9.61. The highest BCUT2D eigenvalue weighted by Gasteiger charge is 2.33. The Morgan fingerprint density at radius 1 is 0.923 bits per heavy atom. The lowest BCUT2D eigenvalue weighted by Crippen LogP contribution is -2.32. The van der Waals surface area contributed by atoms with E-state index in [2.05, 4.69) is 24.3 Å². The minimum atomic E-state index is -0.672. The highest BCUT2D eigenvalue weighted by molar-refractivity contribution is 5.76. The van der Waals surface area contributed by atoms with E-state index in [9.17, 15) is 4.79 Å². The predicted octanol–water partition coefficient (Wildman–Crippen LogP) is 5.42. The van der Waals surface area contributed by atoms with Crippen molar-refractivity contribution in [3.05, 3.63) is 71.8 Å². The van der Waals surface area contributed by atoms with E-state index in [1.165, 1.54) is 12.0 Å². The molecule has 3 atom stereocenters. The second-order valence-electron chi connectivity index (χ2n) is 7.25. The Balaban J connectivity index is 1.76. The summed E-state index contributed by atoms with van der Waals surface area (Å²) < 4.78 is 11.9. The van der Waals surface area contributed by atoms with Gasteiger partial charge in [0.2, 0.25) is 0 Å². The van der Waals surface area contributed by atoms with E-state index >= 15 is 0 Å². The van der Waals surface area contributed by atoms with Crippen molar-refractivity contribution in [1.29, 1.82) is 0 Å². The first-order chi connectivity index (χ1) is 12.6. The molecule has 2 aromatic rings. The molecule has 3 rings (SSSR count). The molecule has 0 radical (unpaired) electrons. The highest BCUT2D eigenvalue weighted by atomic mass is 16.6. The van der Waals surface area contributed by atoms with Crippen LogP contribution in [-0.4, -0.2) is 18.2 Å². The summed E-state index contributed by atoms with van der Waals surface area (Å²) in [5.41, 5.74) is 2.10. The molecule has 138 valence electrons. The van der Waals surface area contributed by atoms with Gasteiger partial charge in [0, 0.05) is 5.92 Å². The van der Waals surface area contributed by atoms with Crippen molar-refractivity contribution in [2.45, 2.75) is 63.8 Å².